The van der Waals surface area contributed by atoms with Crippen LogP contribution in [-0.2, 0) is 14.3 Å². The molecule has 1 spiro atoms. The number of nitrogens with zero attached hydrogens (tertiary/aromatic N) is 1. The van der Waals surface area contributed by atoms with Gasteiger partial charge in [-0.25, -0.2) is 0 Å². The van der Waals surface area contributed by atoms with Gasteiger partial charge in [-0.2, -0.15) is 0 Å². The first-order valence-corrected chi connectivity index (χ1v) is 8.27. The Balaban J connectivity index is 1.83. The summed E-state index contributed by atoms with van der Waals surface area (Å²) >= 11 is 0. The molecule has 1 saturated carbocycles. The van der Waals surface area contributed by atoms with Crippen LogP contribution in [0.1, 0.15) is 59.8 Å². The molecule has 0 N–H and O–H groups in total. The SMILES string of the molecule is CC(CC(=O)N(C)C1CCC2(CC1)OCCO2)C(C)(C)C. The van der Waals surface area contributed by atoms with E-state index in [1.54, 1.807) is 0 Å². The minimum Gasteiger partial charge on any atom is -0.348 e. The monoisotopic (exact) mass is 297 g/mol. The first kappa shape index (κ1) is 16.8. The van der Waals surface area contributed by atoms with Crippen molar-refractivity contribution < 1.29 is 14.3 Å². The van der Waals surface area contributed by atoms with Crippen LogP contribution in [0.25, 0.3) is 0 Å². The lowest BCUT2D eigenvalue weighted by Crippen LogP contribution is -2.45. The maximum atomic E-state index is 12.5. The summed E-state index contributed by atoms with van der Waals surface area (Å²) in [6.07, 6.45) is 4.40. The first-order valence-electron chi connectivity index (χ1n) is 8.27. The highest BCUT2D eigenvalue weighted by molar-refractivity contribution is 5.76. The van der Waals surface area contributed by atoms with Gasteiger partial charge in [0, 0.05) is 32.4 Å². The number of hydrogen-bond acceptors (Lipinski definition) is 3. The fourth-order valence-electron chi connectivity index (χ4n) is 3.13. The zero-order valence-corrected chi connectivity index (χ0v) is 14.3. The second kappa shape index (κ2) is 6.25. The van der Waals surface area contributed by atoms with Gasteiger partial charge in [-0.1, -0.05) is 27.7 Å². The molecule has 122 valence electrons. The molecule has 1 amide bonds. The van der Waals surface area contributed by atoms with E-state index in [1.807, 2.05) is 11.9 Å². The van der Waals surface area contributed by atoms with Crippen molar-refractivity contribution in [3.05, 3.63) is 0 Å². The highest BCUT2D eigenvalue weighted by Crippen LogP contribution is 2.37. The zero-order chi connectivity index (χ0) is 15.7. The molecule has 1 aliphatic carbocycles. The number of amides is 1. The molecule has 1 aliphatic heterocycles. The molecule has 4 nitrogen and oxygen atoms in total. The van der Waals surface area contributed by atoms with Gasteiger partial charge in [0.2, 0.25) is 5.91 Å². The number of carbonyl (C=O) groups excluding carboxylic acids is 1. The number of hydrogen-bond donors (Lipinski definition) is 0. The third-order valence-electron chi connectivity index (χ3n) is 5.43. The van der Waals surface area contributed by atoms with Gasteiger partial charge in [0.1, 0.15) is 0 Å². The summed E-state index contributed by atoms with van der Waals surface area (Å²) < 4.78 is 11.5. The van der Waals surface area contributed by atoms with Crippen molar-refractivity contribution in [1.82, 2.24) is 4.90 Å². The summed E-state index contributed by atoms with van der Waals surface area (Å²) in [6, 6.07) is 0.336. The lowest BCUT2D eigenvalue weighted by Gasteiger charge is -2.39. The Labute approximate surface area is 129 Å². The second-order valence-electron chi connectivity index (χ2n) is 7.81. The molecule has 0 radical (unpaired) electrons. The van der Waals surface area contributed by atoms with Gasteiger partial charge in [-0.05, 0) is 24.2 Å². The van der Waals surface area contributed by atoms with Crippen LogP contribution >= 0.6 is 0 Å². The topological polar surface area (TPSA) is 38.8 Å². The lowest BCUT2D eigenvalue weighted by molar-refractivity contribution is -0.184. The van der Waals surface area contributed by atoms with Crippen molar-refractivity contribution in [3.8, 4) is 0 Å². The van der Waals surface area contributed by atoms with Crippen molar-refractivity contribution in [2.24, 2.45) is 11.3 Å². The van der Waals surface area contributed by atoms with Crippen LogP contribution in [-0.4, -0.2) is 42.9 Å². The standard InChI is InChI=1S/C17H31NO3/c1-13(16(2,3)4)12-15(19)18(5)14-6-8-17(9-7-14)20-10-11-21-17/h13-14H,6-12H2,1-5H3. The number of carbonyl (C=O) groups is 1. The quantitative estimate of drug-likeness (QED) is 0.803. The van der Waals surface area contributed by atoms with E-state index in [0.717, 1.165) is 25.7 Å². The van der Waals surface area contributed by atoms with Gasteiger partial charge in [0.05, 0.1) is 13.2 Å². The van der Waals surface area contributed by atoms with E-state index < -0.39 is 0 Å². The van der Waals surface area contributed by atoms with Crippen molar-refractivity contribution in [2.75, 3.05) is 20.3 Å². The van der Waals surface area contributed by atoms with Gasteiger partial charge < -0.3 is 14.4 Å². The van der Waals surface area contributed by atoms with Crippen LogP contribution in [0.4, 0.5) is 0 Å². The van der Waals surface area contributed by atoms with E-state index in [9.17, 15) is 4.79 Å². The van der Waals surface area contributed by atoms with E-state index in [0.29, 0.717) is 31.6 Å². The zero-order valence-electron chi connectivity index (χ0n) is 14.3. The normalized spacial score (nSPS) is 24.2. The minimum absolute atomic E-state index is 0.179. The maximum absolute atomic E-state index is 12.5. The Morgan fingerprint density at radius 1 is 1.24 bits per heavy atom. The molecule has 21 heavy (non-hydrogen) atoms. The van der Waals surface area contributed by atoms with Crippen LogP contribution in [0.3, 0.4) is 0 Å². The molecule has 1 heterocycles. The summed E-state index contributed by atoms with van der Waals surface area (Å²) in [7, 11) is 1.96. The van der Waals surface area contributed by atoms with Gasteiger partial charge in [0.25, 0.3) is 0 Å². The van der Waals surface area contributed by atoms with Crippen molar-refractivity contribution >= 4 is 5.91 Å². The molecule has 0 bridgehead atoms. The summed E-state index contributed by atoms with van der Waals surface area (Å²) in [4.78, 5) is 14.4. The molecule has 4 heteroatoms. The summed E-state index contributed by atoms with van der Waals surface area (Å²) in [5.74, 6) is 0.328. The minimum atomic E-state index is -0.334. The first-order chi connectivity index (χ1) is 9.73. The van der Waals surface area contributed by atoms with E-state index in [2.05, 4.69) is 27.7 Å². The second-order valence-corrected chi connectivity index (χ2v) is 7.81. The largest absolute Gasteiger partial charge is 0.348 e. The van der Waals surface area contributed by atoms with E-state index in [-0.39, 0.29) is 17.1 Å². The Morgan fingerprint density at radius 3 is 2.24 bits per heavy atom. The smallest absolute Gasteiger partial charge is 0.222 e. The van der Waals surface area contributed by atoms with Crippen LogP contribution in [0, 0.1) is 11.3 Å². The molecule has 2 aliphatic rings. The number of ether oxygens (including phenoxy) is 2. The van der Waals surface area contributed by atoms with Crippen molar-refractivity contribution in [1.29, 1.82) is 0 Å². The molecule has 1 unspecified atom stereocenters. The Hall–Kier alpha value is -0.610. The average Bonchev–Trinajstić information content (AvgIpc) is 2.86. The fraction of sp³-hybridized carbons (Fsp3) is 0.941. The van der Waals surface area contributed by atoms with Gasteiger partial charge in [-0.3, -0.25) is 4.79 Å². The van der Waals surface area contributed by atoms with E-state index in [4.69, 9.17) is 9.47 Å². The molecule has 0 aromatic carbocycles. The van der Waals surface area contributed by atoms with Gasteiger partial charge in [-0.15, -0.1) is 0 Å². The predicted octanol–water partition coefficient (Wildman–Crippen LogP) is 3.20. The van der Waals surface area contributed by atoms with Crippen LogP contribution < -0.4 is 0 Å². The molecular formula is C17H31NO3. The Bertz CT molecular complexity index is 359. The van der Waals surface area contributed by atoms with Crippen molar-refractivity contribution in [3.63, 3.8) is 0 Å². The highest BCUT2D eigenvalue weighted by Gasteiger charge is 2.41. The fourth-order valence-corrected chi connectivity index (χ4v) is 3.13. The van der Waals surface area contributed by atoms with Crippen LogP contribution in [0.15, 0.2) is 0 Å². The highest BCUT2D eigenvalue weighted by atomic mass is 16.7. The Morgan fingerprint density at radius 2 is 1.76 bits per heavy atom. The van der Waals surface area contributed by atoms with Gasteiger partial charge >= 0.3 is 0 Å². The molecule has 1 atom stereocenters. The summed E-state index contributed by atoms with van der Waals surface area (Å²) in [5.41, 5.74) is 0.179. The maximum Gasteiger partial charge on any atom is 0.222 e. The van der Waals surface area contributed by atoms with Crippen LogP contribution in [0.2, 0.25) is 0 Å². The molecule has 0 aromatic heterocycles. The van der Waals surface area contributed by atoms with Gasteiger partial charge in [0.15, 0.2) is 5.79 Å². The summed E-state index contributed by atoms with van der Waals surface area (Å²) in [6.45, 7) is 10.2. The predicted molar refractivity (Wildman–Crippen MR) is 82.9 cm³/mol. The van der Waals surface area contributed by atoms with Crippen LogP contribution in [0.5, 0.6) is 0 Å². The molecular weight excluding hydrogens is 266 g/mol. The number of rotatable bonds is 3. The van der Waals surface area contributed by atoms with Crippen molar-refractivity contribution in [2.45, 2.75) is 71.6 Å². The molecule has 1 saturated heterocycles. The Kier molecular flexibility index (Phi) is 4.99. The average molecular weight is 297 g/mol. The third-order valence-corrected chi connectivity index (χ3v) is 5.43. The summed E-state index contributed by atoms with van der Waals surface area (Å²) in [5, 5.41) is 0. The molecule has 2 rings (SSSR count). The molecule has 2 fully saturated rings. The van der Waals surface area contributed by atoms with E-state index in [1.165, 1.54) is 0 Å². The third kappa shape index (κ3) is 3.98. The molecule has 0 aromatic rings. The van der Waals surface area contributed by atoms with E-state index >= 15 is 0 Å². The lowest BCUT2D eigenvalue weighted by atomic mass is 9.79.